The zero-order valence-corrected chi connectivity index (χ0v) is 12.6. The van der Waals surface area contributed by atoms with Crippen molar-refractivity contribution in [1.29, 1.82) is 0 Å². The van der Waals surface area contributed by atoms with Crippen molar-refractivity contribution in [1.82, 2.24) is 20.0 Å². The van der Waals surface area contributed by atoms with E-state index in [1.165, 1.54) is 25.1 Å². The predicted molar refractivity (Wildman–Crippen MR) is 79.1 cm³/mol. The number of nitrogens with one attached hydrogen (secondary N) is 1. The summed E-state index contributed by atoms with van der Waals surface area (Å²) >= 11 is 0. The Morgan fingerprint density at radius 3 is 3.00 bits per heavy atom. The molecule has 0 radical (unpaired) electrons. The molecule has 4 nitrogen and oxygen atoms in total. The largest absolute Gasteiger partial charge is 0.313 e. The summed E-state index contributed by atoms with van der Waals surface area (Å²) in [4.78, 5) is 2.56. The van der Waals surface area contributed by atoms with Crippen molar-refractivity contribution in [3.05, 3.63) is 18.0 Å². The molecule has 1 fully saturated rings. The summed E-state index contributed by atoms with van der Waals surface area (Å²) in [6.07, 6.45) is 5.71. The maximum atomic E-state index is 4.42. The second kappa shape index (κ2) is 7.06. The van der Waals surface area contributed by atoms with Gasteiger partial charge in [-0.3, -0.25) is 9.58 Å². The SMILES string of the molecule is CCCn1nccc1CN(CC1CCCN1)C(C)C. The van der Waals surface area contributed by atoms with Gasteiger partial charge in [-0.05, 0) is 45.7 Å². The van der Waals surface area contributed by atoms with Gasteiger partial charge in [-0.2, -0.15) is 5.10 Å². The quantitative estimate of drug-likeness (QED) is 0.820. The van der Waals surface area contributed by atoms with E-state index in [9.17, 15) is 0 Å². The van der Waals surface area contributed by atoms with Gasteiger partial charge in [0.05, 0.1) is 5.69 Å². The molecule has 19 heavy (non-hydrogen) atoms. The highest BCUT2D eigenvalue weighted by atomic mass is 15.3. The molecule has 0 spiro atoms. The van der Waals surface area contributed by atoms with Gasteiger partial charge >= 0.3 is 0 Å². The molecular formula is C15H28N4. The lowest BCUT2D eigenvalue weighted by Gasteiger charge is -2.29. The Labute approximate surface area is 117 Å². The van der Waals surface area contributed by atoms with Gasteiger partial charge in [-0.25, -0.2) is 0 Å². The average molecular weight is 264 g/mol. The van der Waals surface area contributed by atoms with Gasteiger partial charge in [0.1, 0.15) is 0 Å². The fourth-order valence-corrected chi connectivity index (χ4v) is 2.77. The number of rotatable bonds is 7. The molecule has 1 aromatic rings. The highest BCUT2D eigenvalue weighted by Gasteiger charge is 2.20. The van der Waals surface area contributed by atoms with E-state index in [-0.39, 0.29) is 0 Å². The summed E-state index contributed by atoms with van der Waals surface area (Å²) in [6.45, 7) is 11.1. The molecule has 0 aromatic carbocycles. The maximum Gasteiger partial charge on any atom is 0.0524 e. The first-order chi connectivity index (χ1) is 9.20. The van der Waals surface area contributed by atoms with Crippen molar-refractivity contribution < 1.29 is 0 Å². The molecule has 108 valence electrons. The molecule has 1 saturated heterocycles. The zero-order valence-electron chi connectivity index (χ0n) is 12.6. The van der Waals surface area contributed by atoms with Gasteiger partial charge < -0.3 is 5.32 Å². The van der Waals surface area contributed by atoms with E-state index in [1.807, 2.05) is 6.20 Å². The Morgan fingerprint density at radius 1 is 1.53 bits per heavy atom. The van der Waals surface area contributed by atoms with Crippen LogP contribution >= 0.6 is 0 Å². The Kier molecular flexibility index (Phi) is 5.40. The summed E-state index contributed by atoms with van der Waals surface area (Å²) in [5.41, 5.74) is 1.34. The number of nitrogens with zero attached hydrogens (tertiary/aromatic N) is 3. The predicted octanol–water partition coefficient (Wildman–Crippen LogP) is 2.26. The molecule has 1 aromatic heterocycles. The molecule has 2 rings (SSSR count). The van der Waals surface area contributed by atoms with Gasteiger partial charge in [0.15, 0.2) is 0 Å². The summed E-state index contributed by atoms with van der Waals surface area (Å²) in [5, 5.41) is 8.02. The molecule has 0 aliphatic carbocycles. The number of aryl methyl sites for hydroxylation is 1. The Morgan fingerprint density at radius 2 is 2.37 bits per heavy atom. The van der Waals surface area contributed by atoms with Crippen LogP contribution in [0.3, 0.4) is 0 Å². The number of hydrogen-bond donors (Lipinski definition) is 1. The smallest absolute Gasteiger partial charge is 0.0524 e. The first-order valence-corrected chi connectivity index (χ1v) is 7.68. The minimum atomic E-state index is 0.576. The molecule has 0 saturated carbocycles. The summed E-state index contributed by atoms with van der Waals surface area (Å²) in [5.74, 6) is 0. The maximum absolute atomic E-state index is 4.42. The van der Waals surface area contributed by atoms with E-state index in [4.69, 9.17) is 0 Å². The van der Waals surface area contributed by atoms with Gasteiger partial charge in [-0.1, -0.05) is 6.92 Å². The van der Waals surface area contributed by atoms with E-state index in [0.29, 0.717) is 12.1 Å². The highest BCUT2D eigenvalue weighted by Crippen LogP contribution is 2.13. The standard InChI is InChI=1S/C15H28N4/c1-4-10-19-15(7-9-17-19)12-18(13(2)3)11-14-6-5-8-16-14/h7,9,13-14,16H,4-6,8,10-12H2,1-3H3. The van der Waals surface area contributed by atoms with Crippen LogP contribution in [0.25, 0.3) is 0 Å². The Hall–Kier alpha value is -0.870. The highest BCUT2D eigenvalue weighted by molar-refractivity contribution is 5.01. The van der Waals surface area contributed by atoms with Gasteiger partial charge in [-0.15, -0.1) is 0 Å². The molecule has 0 amide bonds. The van der Waals surface area contributed by atoms with E-state index in [1.54, 1.807) is 0 Å². The summed E-state index contributed by atoms with van der Waals surface area (Å²) in [6, 6.07) is 3.41. The number of aromatic nitrogens is 2. The summed E-state index contributed by atoms with van der Waals surface area (Å²) < 4.78 is 2.15. The Balaban J connectivity index is 1.96. The van der Waals surface area contributed by atoms with Crippen LogP contribution in [0.5, 0.6) is 0 Å². The fourth-order valence-electron chi connectivity index (χ4n) is 2.77. The third kappa shape index (κ3) is 4.05. The van der Waals surface area contributed by atoms with Crippen LogP contribution in [0.1, 0.15) is 45.7 Å². The van der Waals surface area contributed by atoms with Crippen molar-refractivity contribution in [2.24, 2.45) is 0 Å². The topological polar surface area (TPSA) is 33.1 Å². The lowest BCUT2D eigenvalue weighted by atomic mass is 10.2. The van der Waals surface area contributed by atoms with E-state index < -0.39 is 0 Å². The van der Waals surface area contributed by atoms with Crippen LogP contribution in [0.2, 0.25) is 0 Å². The van der Waals surface area contributed by atoms with Crippen molar-refractivity contribution in [2.45, 2.75) is 65.2 Å². The van der Waals surface area contributed by atoms with Crippen LogP contribution in [-0.2, 0) is 13.1 Å². The molecule has 0 bridgehead atoms. The minimum Gasteiger partial charge on any atom is -0.313 e. The van der Waals surface area contributed by atoms with Crippen molar-refractivity contribution in [3.63, 3.8) is 0 Å². The van der Waals surface area contributed by atoms with Gasteiger partial charge in [0.25, 0.3) is 0 Å². The third-order valence-electron chi connectivity index (χ3n) is 3.95. The lowest BCUT2D eigenvalue weighted by molar-refractivity contribution is 0.188. The molecular weight excluding hydrogens is 236 g/mol. The minimum absolute atomic E-state index is 0.576. The van der Waals surface area contributed by atoms with Crippen LogP contribution in [-0.4, -0.2) is 39.9 Å². The van der Waals surface area contributed by atoms with Crippen molar-refractivity contribution in [3.8, 4) is 0 Å². The lowest BCUT2D eigenvalue weighted by Crippen LogP contribution is -2.41. The molecule has 1 aliphatic rings. The third-order valence-corrected chi connectivity index (χ3v) is 3.95. The van der Waals surface area contributed by atoms with Crippen LogP contribution < -0.4 is 5.32 Å². The normalized spacial score (nSPS) is 19.7. The second-order valence-corrected chi connectivity index (χ2v) is 5.86. The Bertz CT molecular complexity index is 366. The molecule has 1 unspecified atom stereocenters. The van der Waals surface area contributed by atoms with Crippen LogP contribution in [0, 0.1) is 0 Å². The first kappa shape index (κ1) is 14.5. The van der Waals surface area contributed by atoms with E-state index in [0.717, 1.165) is 26.1 Å². The first-order valence-electron chi connectivity index (χ1n) is 7.68. The summed E-state index contributed by atoms with van der Waals surface area (Å²) in [7, 11) is 0. The monoisotopic (exact) mass is 264 g/mol. The molecule has 1 N–H and O–H groups in total. The van der Waals surface area contributed by atoms with Crippen molar-refractivity contribution in [2.75, 3.05) is 13.1 Å². The molecule has 1 aliphatic heterocycles. The average Bonchev–Trinajstić information content (AvgIpc) is 3.01. The second-order valence-electron chi connectivity index (χ2n) is 5.86. The van der Waals surface area contributed by atoms with Crippen LogP contribution in [0.15, 0.2) is 12.3 Å². The van der Waals surface area contributed by atoms with Crippen molar-refractivity contribution >= 4 is 0 Å². The molecule has 4 heteroatoms. The van der Waals surface area contributed by atoms with E-state index in [2.05, 4.69) is 46.8 Å². The number of hydrogen-bond acceptors (Lipinski definition) is 3. The molecule has 1 atom stereocenters. The molecule has 2 heterocycles. The van der Waals surface area contributed by atoms with Gasteiger partial charge in [0.2, 0.25) is 0 Å². The zero-order chi connectivity index (χ0) is 13.7. The van der Waals surface area contributed by atoms with Crippen LogP contribution in [0.4, 0.5) is 0 Å². The van der Waals surface area contributed by atoms with E-state index >= 15 is 0 Å². The fraction of sp³-hybridized carbons (Fsp3) is 0.800. The van der Waals surface area contributed by atoms with Gasteiger partial charge in [0, 0.05) is 37.9 Å².